The van der Waals surface area contributed by atoms with Crippen LogP contribution in [0.4, 0.5) is 0 Å². The van der Waals surface area contributed by atoms with Crippen molar-refractivity contribution in [1.82, 2.24) is 14.3 Å². The fraction of sp³-hybridized carbons (Fsp3) is 0.167. The quantitative estimate of drug-likeness (QED) is 0.482. The number of ether oxygens (including phenoxy) is 2. The first-order valence-corrected chi connectivity index (χ1v) is 11.4. The number of rotatable bonds is 8. The second-order valence-corrected chi connectivity index (χ2v) is 9.41. The normalized spacial score (nSPS) is 11.3. The van der Waals surface area contributed by atoms with Crippen LogP contribution in [0.15, 0.2) is 47.4 Å². The number of methoxy groups -OCH3 is 1. The number of halogens is 2. The van der Waals surface area contributed by atoms with Gasteiger partial charge in [0.1, 0.15) is 27.3 Å². The molecule has 0 atom stereocenters. The second-order valence-electron chi connectivity index (χ2n) is 5.89. The van der Waals surface area contributed by atoms with E-state index in [9.17, 15) is 13.2 Å². The number of carbonyl (C=O) groups excluding carboxylic acids is 1. The van der Waals surface area contributed by atoms with Gasteiger partial charge in [-0.1, -0.05) is 39.8 Å². The summed E-state index contributed by atoms with van der Waals surface area (Å²) in [6.45, 7) is -0.149. The van der Waals surface area contributed by atoms with Gasteiger partial charge in [0.05, 0.1) is 12.7 Å². The van der Waals surface area contributed by atoms with Crippen molar-refractivity contribution in [1.29, 1.82) is 0 Å². The highest BCUT2D eigenvalue weighted by Gasteiger charge is 2.22. The summed E-state index contributed by atoms with van der Waals surface area (Å²) in [7, 11) is -2.65. The molecule has 0 amide bonds. The van der Waals surface area contributed by atoms with Crippen LogP contribution >= 0.6 is 34.7 Å². The molecular weight excluding hydrogens is 473 g/mol. The van der Waals surface area contributed by atoms with Crippen LogP contribution in [0, 0.1) is 0 Å². The van der Waals surface area contributed by atoms with Gasteiger partial charge in [0.15, 0.2) is 0 Å². The van der Waals surface area contributed by atoms with E-state index in [-0.39, 0.29) is 29.4 Å². The molecule has 3 aromatic rings. The van der Waals surface area contributed by atoms with Crippen LogP contribution in [0.1, 0.15) is 21.6 Å². The van der Waals surface area contributed by atoms with Gasteiger partial charge in [-0.25, -0.2) is 17.9 Å². The number of sulfonamides is 1. The highest BCUT2D eigenvalue weighted by Crippen LogP contribution is 2.26. The van der Waals surface area contributed by atoms with Gasteiger partial charge >= 0.3 is 5.97 Å². The minimum atomic E-state index is -3.99. The van der Waals surface area contributed by atoms with Gasteiger partial charge in [-0.3, -0.25) is 0 Å². The van der Waals surface area contributed by atoms with Crippen LogP contribution in [-0.4, -0.2) is 31.1 Å². The van der Waals surface area contributed by atoms with E-state index in [4.69, 9.17) is 32.7 Å². The number of hydrogen-bond donors (Lipinski definition) is 1. The van der Waals surface area contributed by atoms with E-state index in [1.807, 2.05) is 0 Å². The van der Waals surface area contributed by atoms with Crippen molar-refractivity contribution >= 4 is 50.7 Å². The van der Waals surface area contributed by atoms with Gasteiger partial charge in [0, 0.05) is 23.1 Å². The Labute approximate surface area is 187 Å². The van der Waals surface area contributed by atoms with Crippen molar-refractivity contribution in [2.24, 2.45) is 0 Å². The Bertz CT molecular complexity index is 1150. The molecule has 0 saturated carbocycles. The molecule has 1 heterocycles. The Morgan fingerprint density at radius 2 is 1.90 bits per heavy atom. The van der Waals surface area contributed by atoms with Crippen molar-refractivity contribution < 1.29 is 22.7 Å². The first-order valence-electron chi connectivity index (χ1n) is 8.36. The van der Waals surface area contributed by atoms with E-state index in [2.05, 4.69) is 14.3 Å². The topological polar surface area (TPSA) is 107 Å². The average Bonchev–Trinajstić information content (AvgIpc) is 3.16. The summed E-state index contributed by atoms with van der Waals surface area (Å²) in [4.78, 5) is 12.2. The molecule has 0 aliphatic heterocycles. The van der Waals surface area contributed by atoms with Crippen molar-refractivity contribution in [2.45, 2.75) is 18.0 Å². The third-order valence-electron chi connectivity index (χ3n) is 3.92. The zero-order chi connectivity index (χ0) is 21.7. The largest absolute Gasteiger partial charge is 0.495 e. The van der Waals surface area contributed by atoms with Crippen LogP contribution in [0.5, 0.6) is 5.75 Å². The van der Waals surface area contributed by atoms with E-state index in [0.717, 1.165) is 11.5 Å². The standard InChI is InChI=1S/C18H15Cl2N3O5S2/c1-27-15-7-4-12(18(24)28-10-14-17(20)29-23-22-14)8-16(15)30(25,26)21-9-11-2-5-13(19)6-3-11/h2-8,21H,9-10H2,1H3. The lowest BCUT2D eigenvalue weighted by atomic mass is 10.2. The van der Waals surface area contributed by atoms with E-state index in [0.29, 0.717) is 20.6 Å². The monoisotopic (exact) mass is 487 g/mol. The lowest BCUT2D eigenvalue weighted by molar-refractivity contribution is 0.0467. The number of nitrogens with zero attached hydrogens (tertiary/aromatic N) is 2. The van der Waals surface area contributed by atoms with Crippen LogP contribution in [0.25, 0.3) is 0 Å². The van der Waals surface area contributed by atoms with Crippen LogP contribution in [-0.2, 0) is 27.9 Å². The predicted molar refractivity (Wildman–Crippen MR) is 113 cm³/mol. The molecule has 12 heteroatoms. The maximum absolute atomic E-state index is 12.8. The van der Waals surface area contributed by atoms with Gasteiger partial charge in [0.2, 0.25) is 10.0 Å². The van der Waals surface area contributed by atoms with E-state index < -0.39 is 16.0 Å². The van der Waals surface area contributed by atoms with Crippen molar-refractivity contribution in [3.05, 3.63) is 68.6 Å². The van der Waals surface area contributed by atoms with E-state index in [1.165, 1.54) is 25.3 Å². The Kier molecular flexibility index (Phi) is 7.27. The van der Waals surface area contributed by atoms with E-state index in [1.54, 1.807) is 24.3 Å². The zero-order valence-electron chi connectivity index (χ0n) is 15.5. The summed E-state index contributed by atoms with van der Waals surface area (Å²) >= 11 is 12.7. The van der Waals surface area contributed by atoms with Gasteiger partial charge in [-0.15, -0.1) is 5.10 Å². The Morgan fingerprint density at radius 1 is 1.17 bits per heavy atom. The molecule has 0 fully saturated rings. The first kappa shape index (κ1) is 22.4. The number of benzene rings is 2. The Morgan fingerprint density at radius 3 is 2.53 bits per heavy atom. The molecule has 3 rings (SSSR count). The molecule has 30 heavy (non-hydrogen) atoms. The van der Waals surface area contributed by atoms with Crippen LogP contribution in [0.2, 0.25) is 9.36 Å². The molecule has 158 valence electrons. The summed E-state index contributed by atoms with van der Waals surface area (Å²) in [5.41, 5.74) is 1.06. The third kappa shape index (κ3) is 5.46. The predicted octanol–water partition coefficient (Wildman–Crippen LogP) is 3.69. The van der Waals surface area contributed by atoms with Crippen LogP contribution in [0.3, 0.4) is 0 Å². The summed E-state index contributed by atoms with van der Waals surface area (Å²) in [6.07, 6.45) is 0. The SMILES string of the molecule is COc1ccc(C(=O)OCc2nnsc2Cl)cc1S(=O)(=O)NCc1ccc(Cl)cc1. The number of nitrogens with one attached hydrogen (secondary N) is 1. The number of hydrogen-bond acceptors (Lipinski definition) is 8. The maximum atomic E-state index is 12.8. The molecule has 0 radical (unpaired) electrons. The Hall–Kier alpha value is -2.24. The fourth-order valence-electron chi connectivity index (χ4n) is 2.37. The fourth-order valence-corrected chi connectivity index (χ4v) is 4.31. The highest BCUT2D eigenvalue weighted by atomic mass is 35.5. The number of aromatic nitrogens is 2. The molecule has 2 aromatic carbocycles. The zero-order valence-corrected chi connectivity index (χ0v) is 18.6. The molecule has 1 N–H and O–H groups in total. The Balaban J connectivity index is 1.77. The molecule has 0 unspecified atom stereocenters. The molecule has 0 spiro atoms. The summed E-state index contributed by atoms with van der Waals surface area (Å²) < 4.78 is 42.4. The third-order valence-corrected chi connectivity index (χ3v) is 6.58. The first-order chi connectivity index (χ1) is 14.3. The smallest absolute Gasteiger partial charge is 0.338 e. The number of esters is 1. The molecule has 1 aromatic heterocycles. The maximum Gasteiger partial charge on any atom is 0.338 e. The van der Waals surface area contributed by atoms with Crippen LogP contribution < -0.4 is 9.46 Å². The molecule has 0 saturated heterocycles. The van der Waals surface area contributed by atoms with Gasteiger partial charge in [-0.2, -0.15) is 0 Å². The lowest BCUT2D eigenvalue weighted by Crippen LogP contribution is -2.24. The molecule has 0 aliphatic carbocycles. The van der Waals surface area contributed by atoms with Gasteiger partial charge in [0.25, 0.3) is 0 Å². The van der Waals surface area contributed by atoms with Crippen molar-refractivity contribution in [2.75, 3.05) is 7.11 Å². The van der Waals surface area contributed by atoms with Crippen molar-refractivity contribution in [3.63, 3.8) is 0 Å². The average molecular weight is 488 g/mol. The summed E-state index contributed by atoms with van der Waals surface area (Å²) in [6, 6.07) is 10.7. The second kappa shape index (κ2) is 9.71. The summed E-state index contributed by atoms with van der Waals surface area (Å²) in [5, 5.41) is 4.29. The number of carbonyl (C=O) groups is 1. The highest BCUT2D eigenvalue weighted by molar-refractivity contribution is 7.89. The molecular formula is C18H15Cl2N3O5S2. The summed E-state index contributed by atoms with van der Waals surface area (Å²) in [5.74, 6) is -0.655. The van der Waals surface area contributed by atoms with Gasteiger partial charge in [-0.05, 0) is 35.9 Å². The molecule has 8 nitrogen and oxygen atoms in total. The van der Waals surface area contributed by atoms with E-state index >= 15 is 0 Å². The minimum absolute atomic E-state index is 0.0296. The van der Waals surface area contributed by atoms with Crippen molar-refractivity contribution in [3.8, 4) is 5.75 Å². The minimum Gasteiger partial charge on any atom is -0.495 e. The lowest BCUT2D eigenvalue weighted by Gasteiger charge is -2.12. The van der Waals surface area contributed by atoms with Gasteiger partial charge < -0.3 is 9.47 Å². The molecule has 0 aliphatic rings. The molecule has 0 bridgehead atoms.